The summed E-state index contributed by atoms with van der Waals surface area (Å²) in [6, 6.07) is 7.18. The molecule has 8 heteroatoms. The molecule has 1 heterocycles. The van der Waals surface area contributed by atoms with E-state index in [9.17, 15) is 10.1 Å². The average Bonchev–Trinajstić information content (AvgIpc) is 3.09. The number of nitriles is 1. The van der Waals surface area contributed by atoms with Gasteiger partial charge in [0, 0.05) is 11.6 Å². The number of benzene rings is 1. The van der Waals surface area contributed by atoms with Crippen molar-refractivity contribution in [1.29, 1.82) is 5.26 Å². The minimum atomic E-state index is -0.539. The van der Waals surface area contributed by atoms with Gasteiger partial charge in [-0.15, -0.1) is 10.2 Å². The van der Waals surface area contributed by atoms with Crippen LogP contribution < -0.4 is 14.8 Å². The number of hydrogen-bond acceptors (Lipinski definition) is 7. The molecule has 0 unspecified atom stereocenters. The van der Waals surface area contributed by atoms with Crippen LogP contribution in [0, 0.1) is 11.3 Å². The number of carbonyl (C=O) groups excluding carboxylic acids is 1. The van der Waals surface area contributed by atoms with Crippen LogP contribution >= 0.6 is 11.3 Å². The lowest BCUT2D eigenvalue weighted by atomic mass is 10.1. The first-order valence-electron chi connectivity index (χ1n) is 8.26. The molecule has 1 aromatic heterocycles. The van der Waals surface area contributed by atoms with E-state index in [1.165, 1.54) is 17.4 Å². The number of rotatable bonds is 8. The maximum absolute atomic E-state index is 12.4. The normalized spacial score (nSPS) is 10.9. The summed E-state index contributed by atoms with van der Waals surface area (Å²) in [7, 11) is 0. The van der Waals surface area contributed by atoms with Gasteiger partial charge < -0.3 is 9.47 Å². The van der Waals surface area contributed by atoms with Crippen molar-refractivity contribution in [2.24, 2.45) is 0 Å². The molecular formula is C18H20N4O3S. The van der Waals surface area contributed by atoms with Crippen LogP contribution in [0.1, 0.15) is 31.3 Å². The Balaban J connectivity index is 2.26. The smallest absolute Gasteiger partial charge is 0.268 e. The summed E-state index contributed by atoms with van der Waals surface area (Å²) in [5.41, 5.74) is 0.567. The molecule has 1 aromatic carbocycles. The second-order valence-corrected chi connectivity index (χ2v) is 6.11. The quantitative estimate of drug-likeness (QED) is 0.563. The molecule has 7 nitrogen and oxygen atoms in total. The average molecular weight is 372 g/mol. The molecule has 0 aliphatic heterocycles. The standard InChI is InChI=1S/C18H20N4O3S/c1-4-16-21-22-18(26-16)20-17(23)13(11-19)9-12-7-8-14(24-5-2)10-15(12)25-6-3/h7-10H,4-6H2,1-3H3,(H,20,22,23). The van der Waals surface area contributed by atoms with E-state index < -0.39 is 5.91 Å². The van der Waals surface area contributed by atoms with Crippen molar-refractivity contribution in [2.75, 3.05) is 18.5 Å². The topological polar surface area (TPSA) is 97.1 Å². The molecule has 1 N–H and O–H groups in total. The van der Waals surface area contributed by atoms with Gasteiger partial charge in [0.05, 0.1) is 13.2 Å². The number of hydrogen-bond donors (Lipinski definition) is 1. The van der Waals surface area contributed by atoms with Gasteiger partial charge in [0.25, 0.3) is 5.91 Å². The molecule has 0 spiro atoms. The number of aromatic nitrogens is 2. The zero-order chi connectivity index (χ0) is 18.9. The van der Waals surface area contributed by atoms with Gasteiger partial charge in [-0.1, -0.05) is 18.3 Å². The third-order valence-corrected chi connectivity index (χ3v) is 4.23. The largest absolute Gasteiger partial charge is 0.494 e. The van der Waals surface area contributed by atoms with Crippen LogP contribution in [0.25, 0.3) is 6.08 Å². The first-order valence-corrected chi connectivity index (χ1v) is 9.08. The SMILES string of the molecule is CCOc1ccc(C=C(C#N)C(=O)Nc2nnc(CC)s2)c(OCC)c1. The van der Waals surface area contributed by atoms with Gasteiger partial charge in [0.1, 0.15) is 28.1 Å². The van der Waals surface area contributed by atoms with E-state index >= 15 is 0 Å². The fraction of sp³-hybridized carbons (Fsp3) is 0.333. The molecule has 0 atom stereocenters. The Bertz CT molecular complexity index is 839. The summed E-state index contributed by atoms with van der Waals surface area (Å²) in [4.78, 5) is 12.4. The Labute approximate surface area is 156 Å². The summed E-state index contributed by atoms with van der Waals surface area (Å²) < 4.78 is 11.1. The lowest BCUT2D eigenvalue weighted by Crippen LogP contribution is -2.13. The van der Waals surface area contributed by atoms with Gasteiger partial charge in [-0.25, -0.2) is 0 Å². The Hall–Kier alpha value is -2.92. The Morgan fingerprint density at radius 3 is 2.65 bits per heavy atom. The van der Waals surface area contributed by atoms with Crippen LogP contribution in [-0.2, 0) is 11.2 Å². The predicted octanol–water partition coefficient (Wildman–Crippen LogP) is 3.44. The van der Waals surface area contributed by atoms with Crippen LogP contribution in [-0.4, -0.2) is 29.3 Å². The third-order valence-electron chi connectivity index (χ3n) is 3.25. The highest BCUT2D eigenvalue weighted by atomic mass is 32.1. The summed E-state index contributed by atoms with van der Waals surface area (Å²) in [5, 5.41) is 21.0. The fourth-order valence-corrected chi connectivity index (χ4v) is 2.76. The first-order chi connectivity index (χ1) is 12.6. The molecule has 2 rings (SSSR count). The van der Waals surface area contributed by atoms with Crippen molar-refractivity contribution in [3.05, 3.63) is 34.3 Å². The molecule has 2 aromatic rings. The van der Waals surface area contributed by atoms with Gasteiger partial charge in [0.15, 0.2) is 0 Å². The minimum absolute atomic E-state index is 0.0524. The van der Waals surface area contributed by atoms with E-state index in [0.29, 0.717) is 35.4 Å². The molecule has 0 fully saturated rings. The van der Waals surface area contributed by atoms with Crippen LogP contribution in [0.2, 0.25) is 0 Å². The second kappa shape index (κ2) is 9.53. The maximum Gasteiger partial charge on any atom is 0.268 e. The summed E-state index contributed by atoms with van der Waals surface area (Å²) >= 11 is 1.28. The van der Waals surface area contributed by atoms with Gasteiger partial charge in [-0.3, -0.25) is 10.1 Å². The molecule has 0 saturated carbocycles. The number of amides is 1. The number of ether oxygens (including phenoxy) is 2. The van der Waals surface area contributed by atoms with Crippen molar-refractivity contribution in [3.63, 3.8) is 0 Å². The van der Waals surface area contributed by atoms with Crippen molar-refractivity contribution in [2.45, 2.75) is 27.2 Å². The Morgan fingerprint density at radius 2 is 2.04 bits per heavy atom. The van der Waals surface area contributed by atoms with Gasteiger partial charge >= 0.3 is 0 Å². The van der Waals surface area contributed by atoms with E-state index in [2.05, 4.69) is 15.5 Å². The van der Waals surface area contributed by atoms with Crippen LogP contribution in [0.4, 0.5) is 5.13 Å². The fourth-order valence-electron chi connectivity index (χ4n) is 2.09. The molecule has 1 amide bonds. The third kappa shape index (κ3) is 5.04. The highest BCUT2D eigenvalue weighted by Crippen LogP contribution is 2.27. The van der Waals surface area contributed by atoms with Crippen molar-refractivity contribution >= 4 is 28.5 Å². The molecule has 136 valence electrons. The zero-order valence-electron chi connectivity index (χ0n) is 14.9. The predicted molar refractivity (Wildman–Crippen MR) is 100 cm³/mol. The van der Waals surface area contributed by atoms with E-state index in [1.807, 2.05) is 26.8 Å². The van der Waals surface area contributed by atoms with E-state index in [4.69, 9.17) is 9.47 Å². The summed E-state index contributed by atoms with van der Waals surface area (Å²) in [5.74, 6) is 0.669. The lowest BCUT2D eigenvalue weighted by molar-refractivity contribution is -0.112. The maximum atomic E-state index is 12.4. The van der Waals surface area contributed by atoms with Crippen LogP contribution in [0.5, 0.6) is 11.5 Å². The van der Waals surface area contributed by atoms with E-state index in [-0.39, 0.29) is 5.57 Å². The van der Waals surface area contributed by atoms with Crippen molar-refractivity contribution in [1.82, 2.24) is 10.2 Å². The first kappa shape index (κ1) is 19.4. The number of anilines is 1. The molecular weight excluding hydrogens is 352 g/mol. The second-order valence-electron chi connectivity index (χ2n) is 5.04. The minimum Gasteiger partial charge on any atom is -0.494 e. The Kier molecular flexibility index (Phi) is 7.12. The highest BCUT2D eigenvalue weighted by Gasteiger charge is 2.14. The molecule has 0 aliphatic rings. The number of nitrogens with zero attached hydrogens (tertiary/aromatic N) is 3. The summed E-state index contributed by atoms with van der Waals surface area (Å²) in [6.07, 6.45) is 2.22. The number of aryl methyl sites for hydroxylation is 1. The monoisotopic (exact) mass is 372 g/mol. The van der Waals surface area contributed by atoms with Crippen molar-refractivity contribution in [3.8, 4) is 17.6 Å². The molecule has 26 heavy (non-hydrogen) atoms. The van der Waals surface area contributed by atoms with E-state index in [1.54, 1.807) is 18.2 Å². The van der Waals surface area contributed by atoms with Crippen LogP contribution in [0.15, 0.2) is 23.8 Å². The summed E-state index contributed by atoms with van der Waals surface area (Å²) in [6.45, 7) is 6.69. The highest BCUT2D eigenvalue weighted by molar-refractivity contribution is 7.15. The van der Waals surface area contributed by atoms with Crippen LogP contribution in [0.3, 0.4) is 0 Å². The van der Waals surface area contributed by atoms with Gasteiger partial charge in [0.2, 0.25) is 5.13 Å². The van der Waals surface area contributed by atoms with Gasteiger partial charge in [-0.2, -0.15) is 5.26 Å². The molecule has 0 bridgehead atoms. The Morgan fingerprint density at radius 1 is 1.27 bits per heavy atom. The number of carbonyl (C=O) groups is 1. The van der Waals surface area contributed by atoms with Crippen molar-refractivity contribution < 1.29 is 14.3 Å². The van der Waals surface area contributed by atoms with E-state index in [0.717, 1.165) is 11.4 Å². The lowest BCUT2D eigenvalue weighted by Gasteiger charge is -2.10. The number of nitrogens with one attached hydrogen (secondary N) is 1. The zero-order valence-corrected chi connectivity index (χ0v) is 15.7. The molecule has 0 saturated heterocycles. The molecule has 0 radical (unpaired) electrons. The van der Waals surface area contributed by atoms with Gasteiger partial charge in [-0.05, 0) is 38.5 Å². The molecule has 0 aliphatic carbocycles.